The minimum atomic E-state index is -2.88. The molecule has 2 unspecified atom stereocenters. The second-order valence-electron chi connectivity index (χ2n) is 5.21. The molecule has 2 rings (SSSR count). The highest BCUT2D eigenvalue weighted by Crippen LogP contribution is 2.36. The largest absolute Gasteiger partial charge is 0.388 e. The Morgan fingerprint density at radius 3 is 2.78 bits per heavy atom. The average molecular weight is 268 g/mol. The van der Waals surface area contributed by atoms with Crippen molar-refractivity contribution in [3.05, 3.63) is 35.4 Å². The Kier molecular flexibility index (Phi) is 4.07. The normalized spacial score (nSPS) is 23.7. The summed E-state index contributed by atoms with van der Waals surface area (Å²) in [6.45, 7) is 0. The van der Waals surface area contributed by atoms with Gasteiger partial charge in [-0.25, -0.2) is 8.42 Å². The van der Waals surface area contributed by atoms with E-state index in [1.807, 2.05) is 18.2 Å². The van der Waals surface area contributed by atoms with E-state index >= 15 is 0 Å². The standard InChI is InChI=1S/C14H20O3S/c1-18(16,17)10-4-6-12-9-8-11-5-2-3-7-13(11)14(12)15/h2-3,5,7,12,14-15H,4,6,8-10H2,1H3. The summed E-state index contributed by atoms with van der Waals surface area (Å²) < 4.78 is 22.2. The molecule has 4 heteroatoms. The molecule has 1 aliphatic carbocycles. The molecule has 0 heterocycles. The van der Waals surface area contributed by atoms with Gasteiger partial charge in [-0.05, 0) is 42.7 Å². The van der Waals surface area contributed by atoms with E-state index < -0.39 is 15.9 Å². The maximum Gasteiger partial charge on any atom is 0.147 e. The molecule has 1 aliphatic rings. The smallest absolute Gasteiger partial charge is 0.147 e. The molecule has 100 valence electrons. The van der Waals surface area contributed by atoms with Crippen LogP contribution in [0.15, 0.2) is 24.3 Å². The average Bonchev–Trinajstić information content (AvgIpc) is 2.31. The minimum absolute atomic E-state index is 0.196. The van der Waals surface area contributed by atoms with Crippen LogP contribution in [0.5, 0.6) is 0 Å². The molecule has 1 N–H and O–H groups in total. The minimum Gasteiger partial charge on any atom is -0.388 e. The zero-order chi connectivity index (χ0) is 13.2. The summed E-state index contributed by atoms with van der Waals surface area (Å²) in [7, 11) is -2.88. The Labute approximate surface area is 109 Å². The topological polar surface area (TPSA) is 54.4 Å². The predicted molar refractivity (Wildman–Crippen MR) is 72.2 cm³/mol. The van der Waals surface area contributed by atoms with Crippen LogP contribution in [-0.2, 0) is 16.3 Å². The maximum absolute atomic E-state index is 11.1. The summed E-state index contributed by atoms with van der Waals surface area (Å²) in [5.74, 6) is 0.416. The van der Waals surface area contributed by atoms with Gasteiger partial charge in [0.05, 0.1) is 6.10 Å². The lowest BCUT2D eigenvalue weighted by atomic mass is 9.79. The van der Waals surface area contributed by atoms with Gasteiger partial charge in [-0.15, -0.1) is 0 Å². The number of benzene rings is 1. The van der Waals surface area contributed by atoms with Crippen molar-refractivity contribution in [2.45, 2.75) is 31.8 Å². The van der Waals surface area contributed by atoms with Crippen LogP contribution in [0.3, 0.4) is 0 Å². The first kappa shape index (κ1) is 13.6. The highest BCUT2D eigenvalue weighted by molar-refractivity contribution is 7.90. The van der Waals surface area contributed by atoms with Gasteiger partial charge < -0.3 is 5.11 Å². The summed E-state index contributed by atoms with van der Waals surface area (Å²) in [6, 6.07) is 7.98. The molecule has 2 atom stereocenters. The van der Waals surface area contributed by atoms with Crippen molar-refractivity contribution >= 4 is 9.84 Å². The molecule has 0 fully saturated rings. The fourth-order valence-electron chi connectivity index (χ4n) is 2.71. The molecule has 0 aromatic heterocycles. The van der Waals surface area contributed by atoms with Gasteiger partial charge in [0.15, 0.2) is 0 Å². The van der Waals surface area contributed by atoms with Crippen LogP contribution in [0.1, 0.15) is 36.5 Å². The van der Waals surface area contributed by atoms with Gasteiger partial charge in [0, 0.05) is 12.0 Å². The SMILES string of the molecule is CS(=O)(=O)CCCC1CCc2ccccc2C1O. The Balaban J connectivity index is 1.97. The zero-order valence-electron chi connectivity index (χ0n) is 10.7. The van der Waals surface area contributed by atoms with Crippen LogP contribution in [-0.4, -0.2) is 25.5 Å². The lowest BCUT2D eigenvalue weighted by Gasteiger charge is -2.30. The van der Waals surface area contributed by atoms with E-state index in [0.717, 1.165) is 24.8 Å². The van der Waals surface area contributed by atoms with Gasteiger partial charge in [0.1, 0.15) is 9.84 Å². The van der Waals surface area contributed by atoms with Crippen molar-refractivity contribution in [1.82, 2.24) is 0 Å². The van der Waals surface area contributed by atoms with Gasteiger partial charge in [0.2, 0.25) is 0 Å². The molecule has 18 heavy (non-hydrogen) atoms. The number of hydrogen-bond donors (Lipinski definition) is 1. The molecule has 3 nitrogen and oxygen atoms in total. The van der Waals surface area contributed by atoms with E-state index in [-0.39, 0.29) is 11.7 Å². The monoisotopic (exact) mass is 268 g/mol. The first-order valence-electron chi connectivity index (χ1n) is 6.41. The molecular weight excluding hydrogens is 248 g/mol. The van der Waals surface area contributed by atoms with E-state index in [4.69, 9.17) is 0 Å². The predicted octanol–water partition coefficient (Wildman–Crippen LogP) is 2.11. The first-order chi connectivity index (χ1) is 8.47. The lowest BCUT2D eigenvalue weighted by molar-refractivity contribution is 0.0882. The third kappa shape index (κ3) is 3.33. The van der Waals surface area contributed by atoms with Crippen molar-refractivity contribution in [3.63, 3.8) is 0 Å². The highest BCUT2D eigenvalue weighted by atomic mass is 32.2. The second kappa shape index (κ2) is 5.41. The summed E-state index contributed by atoms with van der Waals surface area (Å²) in [5.41, 5.74) is 2.25. The van der Waals surface area contributed by atoms with Crippen molar-refractivity contribution in [2.75, 3.05) is 12.0 Å². The molecule has 0 saturated carbocycles. The first-order valence-corrected chi connectivity index (χ1v) is 8.47. The maximum atomic E-state index is 11.1. The van der Waals surface area contributed by atoms with Crippen molar-refractivity contribution in [1.29, 1.82) is 0 Å². The molecule has 0 aliphatic heterocycles. The molecule has 0 amide bonds. The summed E-state index contributed by atoms with van der Waals surface area (Å²) in [4.78, 5) is 0. The Morgan fingerprint density at radius 1 is 1.33 bits per heavy atom. The number of aryl methyl sites for hydroxylation is 1. The van der Waals surface area contributed by atoms with Crippen LogP contribution in [0.2, 0.25) is 0 Å². The van der Waals surface area contributed by atoms with Gasteiger partial charge in [0.25, 0.3) is 0 Å². The third-order valence-electron chi connectivity index (χ3n) is 3.69. The van der Waals surface area contributed by atoms with E-state index in [2.05, 4.69) is 6.07 Å². The summed E-state index contributed by atoms with van der Waals surface area (Å²) in [5, 5.41) is 10.3. The van der Waals surface area contributed by atoms with Crippen LogP contribution in [0.25, 0.3) is 0 Å². The Hall–Kier alpha value is -0.870. The third-order valence-corrected chi connectivity index (χ3v) is 4.73. The molecule has 0 saturated heterocycles. The number of aliphatic hydroxyl groups is 1. The van der Waals surface area contributed by atoms with E-state index in [1.165, 1.54) is 11.8 Å². The van der Waals surface area contributed by atoms with E-state index in [1.54, 1.807) is 0 Å². The fourth-order valence-corrected chi connectivity index (χ4v) is 3.40. The van der Waals surface area contributed by atoms with Crippen molar-refractivity contribution in [3.8, 4) is 0 Å². The van der Waals surface area contributed by atoms with Gasteiger partial charge in [-0.1, -0.05) is 24.3 Å². The van der Waals surface area contributed by atoms with Crippen LogP contribution >= 0.6 is 0 Å². The molecular formula is C14H20O3S. The number of fused-ring (bicyclic) bond motifs is 1. The lowest BCUT2D eigenvalue weighted by Crippen LogP contribution is -2.21. The molecule has 0 radical (unpaired) electrons. The number of hydrogen-bond acceptors (Lipinski definition) is 3. The molecule has 0 bridgehead atoms. The number of sulfone groups is 1. The van der Waals surface area contributed by atoms with Gasteiger partial charge >= 0.3 is 0 Å². The number of rotatable bonds is 4. The van der Waals surface area contributed by atoms with E-state index in [9.17, 15) is 13.5 Å². The highest BCUT2D eigenvalue weighted by Gasteiger charge is 2.27. The summed E-state index contributed by atoms with van der Waals surface area (Å²) >= 11 is 0. The van der Waals surface area contributed by atoms with E-state index in [0.29, 0.717) is 6.42 Å². The fraction of sp³-hybridized carbons (Fsp3) is 0.571. The number of aliphatic hydroxyl groups excluding tert-OH is 1. The van der Waals surface area contributed by atoms with Crippen LogP contribution < -0.4 is 0 Å². The molecule has 1 aromatic rings. The quantitative estimate of drug-likeness (QED) is 0.910. The van der Waals surface area contributed by atoms with Gasteiger partial charge in [-0.3, -0.25) is 0 Å². The molecule has 1 aromatic carbocycles. The second-order valence-corrected chi connectivity index (χ2v) is 7.47. The zero-order valence-corrected chi connectivity index (χ0v) is 11.5. The molecule has 0 spiro atoms. The Bertz CT molecular complexity index is 508. The van der Waals surface area contributed by atoms with Crippen molar-refractivity contribution in [2.24, 2.45) is 5.92 Å². The van der Waals surface area contributed by atoms with Gasteiger partial charge in [-0.2, -0.15) is 0 Å². The Morgan fingerprint density at radius 2 is 2.06 bits per heavy atom. The summed E-state index contributed by atoms with van der Waals surface area (Å²) in [6.07, 6.45) is 4.18. The van der Waals surface area contributed by atoms with Crippen LogP contribution in [0.4, 0.5) is 0 Å². The van der Waals surface area contributed by atoms with Crippen LogP contribution in [0, 0.1) is 5.92 Å². The van der Waals surface area contributed by atoms with Crippen molar-refractivity contribution < 1.29 is 13.5 Å².